The summed E-state index contributed by atoms with van der Waals surface area (Å²) in [4.78, 5) is 19.8. The third kappa shape index (κ3) is 6.22. The minimum atomic E-state index is -0.157. The summed E-state index contributed by atoms with van der Waals surface area (Å²) in [6.45, 7) is 4.61. The number of hydrogen-bond donors (Lipinski definition) is 2. The number of nitrogens with one attached hydrogen (secondary N) is 1. The van der Waals surface area contributed by atoms with E-state index in [4.69, 9.17) is 10.5 Å². The Hall–Kier alpha value is -3.16. The standard InChI is InChI=1S/C30H39N5O2/c1-37-27-11-10-23-8-5-9-26(18-25(23)19-27)32-20-22-12-14-34(15-13-22)16-17-35-29(24-6-3-2-4-7-24)33-21-28(31)30(35)36/h2-4,6-7,10-11,19,21-22,26,32H,5,8-9,12-18,20,31H2,1H3. The molecule has 1 fully saturated rings. The van der Waals surface area contributed by atoms with E-state index in [-0.39, 0.29) is 11.2 Å². The molecule has 7 heteroatoms. The lowest BCUT2D eigenvalue weighted by Crippen LogP contribution is -2.42. The minimum absolute atomic E-state index is 0.157. The number of nitrogens with two attached hydrogens (primary N) is 1. The van der Waals surface area contributed by atoms with Gasteiger partial charge in [-0.2, -0.15) is 0 Å². The molecule has 2 heterocycles. The molecule has 0 amide bonds. The van der Waals surface area contributed by atoms with Gasteiger partial charge in [0.05, 0.1) is 13.3 Å². The maximum atomic E-state index is 12.8. The molecule has 3 aromatic rings. The van der Waals surface area contributed by atoms with Crippen molar-refractivity contribution in [2.45, 2.75) is 51.1 Å². The SMILES string of the molecule is COc1ccc2c(c1)CC(NCC1CCN(CCn3c(-c4ccccc4)ncc(N)c3=O)CC1)CCC2. The number of piperidine rings is 1. The maximum absolute atomic E-state index is 12.8. The van der Waals surface area contributed by atoms with Gasteiger partial charge in [0.2, 0.25) is 0 Å². The van der Waals surface area contributed by atoms with Crippen LogP contribution in [0.25, 0.3) is 11.4 Å². The summed E-state index contributed by atoms with van der Waals surface area (Å²) < 4.78 is 7.19. The molecule has 1 aliphatic carbocycles. The van der Waals surface area contributed by atoms with Crippen LogP contribution in [0.3, 0.4) is 0 Å². The predicted octanol–water partition coefficient (Wildman–Crippen LogP) is 3.75. The number of hydrogen-bond acceptors (Lipinski definition) is 6. The average molecular weight is 502 g/mol. The van der Waals surface area contributed by atoms with E-state index in [1.807, 2.05) is 30.3 Å². The van der Waals surface area contributed by atoms with Crippen LogP contribution in [0.4, 0.5) is 5.69 Å². The molecule has 1 saturated heterocycles. The number of nitrogen functional groups attached to an aromatic ring is 1. The van der Waals surface area contributed by atoms with Crippen LogP contribution in [0.15, 0.2) is 59.5 Å². The van der Waals surface area contributed by atoms with E-state index in [0.717, 1.165) is 50.3 Å². The number of benzene rings is 2. The number of methoxy groups -OCH3 is 1. The van der Waals surface area contributed by atoms with Crippen molar-refractivity contribution in [2.75, 3.05) is 39.0 Å². The van der Waals surface area contributed by atoms with Crippen LogP contribution in [-0.4, -0.2) is 53.8 Å². The second-order valence-electron chi connectivity index (χ2n) is 10.5. The van der Waals surface area contributed by atoms with Gasteiger partial charge >= 0.3 is 0 Å². The molecule has 1 aliphatic heterocycles. The third-order valence-electron chi connectivity index (χ3n) is 8.03. The summed E-state index contributed by atoms with van der Waals surface area (Å²) in [5.41, 5.74) is 9.80. The lowest BCUT2D eigenvalue weighted by atomic mass is 9.95. The zero-order valence-corrected chi connectivity index (χ0v) is 21.9. The Labute approximate surface area is 219 Å². The Morgan fingerprint density at radius 1 is 1.05 bits per heavy atom. The van der Waals surface area contributed by atoms with Crippen LogP contribution in [0.5, 0.6) is 5.75 Å². The summed E-state index contributed by atoms with van der Waals surface area (Å²) in [7, 11) is 1.74. The van der Waals surface area contributed by atoms with Crippen molar-refractivity contribution in [1.29, 1.82) is 0 Å². The second kappa shape index (κ2) is 11.9. The van der Waals surface area contributed by atoms with E-state index in [1.165, 1.54) is 43.0 Å². The average Bonchev–Trinajstić information content (AvgIpc) is 3.15. The first kappa shape index (κ1) is 25.5. The molecular formula is C30H39N5O2. The molecule has 3 N–H and O–H groups in total. The molecule has 1 unspecified atom stereocenters. The van der Waals surface area contributed by atoms with Crippen LogP contribution in [0.1, 0.15) is 36.8 Å². The zero-order chi connectivity index (χ0) is 25.6. The van der Waals surface area contributed by atoms with Gasteiger partial charge in [-0.25, -0.2) is 4.98 Å². The summed E-state index contributed by atoms with van der Waals surface area (Å²) in [6, 6.07) is 16.9. The number of fused-ring (bicyclic) bond motifs is 1. The van der Waals surface area contributed by atoms with Gasteiger partial charge in [-0.3, -0.25) is 9.36 Å². The van der Waals surface area contributed by atoms with Gasteiger partial charge in [0.1, 0.15) is 17.3 Å². The smallest absolute Gasteiger partial charge is 0.276 e. The van der Waals surface area contributed by atoms with E-state index in [1.54, 1.807) is 11.7 Å². The van der Waals surface area contributed by atoms with Crippen LogP contribution in [0.2, 0.25) is 0 Å². The lowest BCUT2D eigenvalue weighted by Gasteiger charge is -2.33. The summed E-state index contributed by atoms with van der Waals surface area (Å²) >= 11 is 0. The number of ether oxygens (including phenoxy) is 1. The minimum Gasteiger partial charge on any atom is -0.497 e. The largest absolute Gasteiger partial charge is 0.497 e. The summed E-state index contributed by atoms with van der Waals surface area (Å²) in [5.74, 6) is 2.33. The Morgan fingerprint density at radius 3 is 2.65 bits per heavy atom. The van der Waals surface area contributed by atoms with Gasteiger partial charge in [-0.05, 0) is 87.3 Å². The van der Waals surface area contributed by atoms with Gasteiger partial charge in [0.25, 0.3) is 5.56 Å². The fourth-order valence-electron chi connectivity index (χ4n) is 5.77. The highest BCUT2D eigenvalue weighted by Crippen LogP contribution is 2.26. The molecule has 1 atom stereocenters. The molecule has 5 rings (SSSR count). The fourth-order valence-corrected chi connectivity index (χ4v) is 5.77. The number of aromatic nitrogens is 2. The van der Waals surface area contributed by atoms with Gasteiger partial charge < -0.3 is 20.7 Å². The summed E-state index contributed by atoms with van der Waals surface area (Å²) in [6.07, 6.45) is 8.54. The van der Waals surface area contributed by atoms with Crippen LogP contribution in [0, 0.1) is 5.92 Å². The molecule has 196 valence electrons. The van der Waals surface area contributed by atoms with Crippen molar-refractivity contribution in [1.82, 2.24) is 19.8 Å². The number of aryl methyl sites for hydroxylation is 1. The molecule has 1 aromatic heterocycles. The van der Waals surface area contributed by atoms with E-state index in [2.05, 4.69) is 33.4 Å². The molecular weight excluding hydrogens is 462 g/mol. The van der Waals surface area contributed by atoms with Gasteiger partial charge in [0, 0.05) is 24.7 Å². The van der Waals surface area contributed by atoms with Gasteiger partial charge in [0.15, 0.2) is 0 Å². The molecule has 0 radical (unpaired) electrons. The van der Waals surface area contributed by atoms with Gasteiger partial charge in [-0.15, -0.1) is 0 Å². The van der Waals surface area contributed by atoms with Crippen molar-refractivity contribution in [3.05, 3.63) is 76.2 Å². The van der Waals surface area contributed by atoms with E-state index < -0.39 is 0 Å². The quantitative estimate of drug-likeness (QED) is 0.458. The molecule has 2 aliphatic rings. The van der Waals surface area contributed by atoms with Crippen LogP contribution < -0.4 is 21.3 Å². The van der Waals surface area contributed by atoms with Crippen LogP contribution in [-0.2, 0) is 19.4 Å². The summed E-state index contributed by atoms with van der Waals surface area (Å²) in [5, 5.41) is 3.89. The van der Waals surface area contributed by atoms with Crippen molar-refractivity contribution in [2.24, 2.45) is 5.92 Å². The van der Waals surface area contributed by atoms with E-state index >= 15 is 0 Å². The van der Waals surface area contributed by atoms with E-state index in [0.29, 0.717) is 24.3 Å². The Morgan fingerprint density at radius 2 is 1.86 bits per heavy atom. The monoisotopic (exact) mass is 501 g/mol. The first-order chi connectivity index (χ1) is 18.1. The number of likely N-dealkylation sites (tertiary alicyclic amines) is 1. The maximum Gasteiger partial charge on any atom is 0.276 e. The van der Waals surface area contributed by atoms with Crippen molar-refractivity contribution < 1.29 is 4.74 Å². The highest BCUT2D eigenvalue weighted by molar-refractivity contribution is 5.56. The molecule has 0 spiro atoms. The number of anilines is 1. The third-order valence-corrected chi connectivity index (χ3v) is 8.03. The zero-order valence-electron chi connectivity index (χ0n) is 21.9. The molecule has 0 bridgehead atoms. The first-order valence-corrected chi connectivity index (χ1v) is 13.6. The topological polar surface area (TPSA) is 85.4 Å². The molecule has 7 nitrogen and oxygen atoms in total. The molecule has 0 saturated carbocycles. The molecule has 2 aromatic carbocycles. The fraction of sp³-hybridized carbons (Fsp3) is 0.467. The van der Waals surface area contributed by atoms with Crippen LogP contribution >= 0.6 is 0 Å². The Kier molecular flexibility index (Phi) is 8.21. The normalized spacial score (nSPS) is 18.8. The van der Waals surface area contributed by atoms with Crippen molar-refractivity contribution in [3.63, 3.8) is 0 Å². The first-order valence-electron chi connectivity index (χ1n) is 13.6. The van der Waals surface area contributed by atoms with E-state index in [9.17, 15) is 4.79 Å². The van der Waals surface area contributed by atoms with Crippen molar-refractivity contribution in [3.8, 4) is 17.1 Å². The number of rotatable bonds is 8. The Bertz CT molecular complexity index is 1230. The Balaban J connectivity index is 1.12. The number of nitrogens with zero attached hydrogens (tertiary/aromatic N) is 3. The lowest BCUT2D eigenvalue weighted by molar-refractivity contribution is 0.174. The second-order valence-corrected chi connectivity index (χ2v) is 10.5. The van der Waals surface area contributed by atoms with Crippen molar-refractivity contribution >= 4 is 5.69 Å². The predicted molar refractivity (Wildman–Crippen MR) is 149 cm³/mol. The molecule has 37 heavy (non-hydrogen) atoms. The highest BCUT2D eigenvalue weighted by Gasteiger charge is 2.22. The highest BCUT2D eigenvalue weighted by atomic mass is 16.5. The van der Waals surface area contributed by atoms with Gasteiger partial charge in [-0.1, -0.05) is 36.4 Å².